The van der Waals surface area contributed by atoms with E-state index in [1.54, 1.807) is 25.3 Å². The summed E-state index contributed by atoms with van der Waals surface area (Å²) in [5.41, 5.74) is 1.96. The lowest BCUT2D eigenvalue weighted by atomic mass is 10.2. The van der Waals surface area contributed by atoms with Gasteiger partial charge in [0, 0.05) is 17.6 Å². The van der Waals surface area contributed by atoms with Crippen molar-refractivity contribution in [1.29, 1.82) is 0 Å². The SMILES string of the molecule is Cc1cc(NC(=O)c2ccc(C(=O)O)c(C)n2)ccn1. The van der Waals surface area contributed by atoms with Crippen molar-refractivity contribution in [2.45, 2.75) is 13.8 Å². The summed E-state index contributed by atoms with van der Waals surface area (Å²) in [5, 5.41) is 11.6. The number of aromatic nitrogens is 2. The lowest BCUT2D eigenvalue weighted by Gasteiger charge is -2.07. The summed E-state index contributed by atoms with van der Waals surface area (Å²) in [5.74, 6) is -1.46. The topological polar surface area (TPSA) is 92.2 Å². The Balaban J connectivity index is 2.22. The highest BCUT2D eigenvalue weighted by Crippen LogP contribution is 2.11. The lowest BCUT2D eigenvalue weighted by Crippen LogP contribution is -2.15. The smallest absolute Gasteiger partial charge is 0.337 e. The molecule has 0 aliphatic heterocycles. The van der Waals surface area contributed by atoms with Crippen LogP contribution in [0.2, 0.25) is 0 Å². The van der Waals surface area contributed by atoms with E-state index in [1.807, 2.05) is 6.92 Å². The van der Waals surface area contributed by atoms with Crippen molar-refractivity contribution in [1.82, 2.24) is 9.97 Å². The number of amides is 1. The van der Waals surface area contributed by atoms with E-state index in [4.69, 9.17) is 5.11 Å². The van der Waals surface area contributed by atoms with E-state index in [1.165, 1.54) is 12.1 Å². The second-order valence-corrected chi connectivity index (χ2v) is 4.27. The molecule has 2 N–H and O–H groups in total. The monoisotopic (exact) mass is 271 g/mol. The maximum atomic E-state index is 12.0. The predicted octanol–water partition coefficient (Wildman–Crippen LogP) is 2.04. The molecular formula is C14H13N3O3. The van der Waals surface area contributed by atoms with Crippen LogP contribution in [0.4, 0.5) is 5.69 Å². The minimum atomic E-state index is -1.06. The zero-order chi connectivity index (χ0) is 14.7. The van der Waals surface area contributed by atoms with Crippen LogP contribution in [0.15, 0.2) is 30.5 Å². The van der Waals surface area contributed by atoms with Gasteiger partial charge in [-0.1, -0.05) is 0 Å². The number of hydrogen-bond acceptors (Lipinski definition) is 4. The fourth-order valence-electron chi connectivity index (χ4n) is 1.73. The number of aromatic carboxylic acids is 1. The number of carboxylic acid groups (broad SMARTS) is 1. The van der Waals surface area contributed by atoms with Crippen molar-refractivity contribution in [3.05, 3.63) is 53.1 Å². The first-order valence-electron chi connectivity index (χ1n) is 5.92. The molecule has 6 nitrogen and oxygen atoms in total. The second kappa shape index (κ2) is 5.48. The van der Waals surface area contributed by atoms with Crippen molar-refractivity contribution in [3.8, 4) is 0 Å². The number of anilines is 1. The summed E-state index contributed by atoms with van der Waals surface area (Å²) in [7, 11) is 0. The van der Waals surface area contributed by atoms with Gasteiger partial charge in [0.05, 0.1) is 11.3 Å². The summed E-state index contributed by atoms with van der Waals surface area (Å²) < 4.78 is 0. The molecule has 0 spiro atoms. The van der Waals surface area contributed by atoms with Crippen LogP contribution in [0, 0.1) is 13.8 Å². The van der Waals surface area contributed by atoms with Crippen molar-refractivity contribution in [3.63, 3.8) is 0 Å². The number of pyridine rings is 2. The number of nitrogens with zero attached hydrogens (tertiary/aromatic N) is 2. The summed E-state index contributed by atoms with van der Waals surface area (Å²) >= 11 is 0. The van der Waals surface area contributed by atoms with E-state index in [0.717, 1.165) is 5.69 Å². The van der Waals surface area contributed by atoms with E-state index in [0.29, 0.717) is 11.4 Å². The number of carbonyl (C=O) groups is 2. The minimum absolute atomic E-state index is 0.0845. The largest absolute Gasteiger partial charge is 0.478 e. The molecule has 0 saturated carbocycles. The average molecular weight is 271 g/mol. The van der Waals surface area contributed by atoms with Gasteiger partial charge in [0.1, 0.15) is 5.69 Å². The van der Waals surface area contributed by atoms with Gasteiger partial charge in [-0.25, -0.2) is 9.78 Å². The maximum Gasteiger partial charge on any atom is 0.337 e. The third-order valence-electron chi connectivity index (χ3n) is 2.70. The highest BCUT2D eigenvalue weighted by molar-refractivity contribution is 6.03. The molecule has 0 radical (unpaired) electrons. The first kappa shape index (κ1) is 13.7. The normalized spacial score (nSPS) is 10.1. The molecule has 0 aliphatic rings. The molecule has 2 heterocycles. The molecule has 0 aromatic carbocycles. The zero-order valence-electron chi connectivity index (χ0n) is 11.0. The van der Waals surface area contributed by atoms with Crippen LogP contribution in [0.5, 0.6) is 0 Å². The molecule has 0 bridgehead atoms. The highest BCUT2D eigenvalue weighted by Gasteiger charge is 2.13. The first-order chi connectivity index (χ1) is 9.47. The van der Waals surface area contributed by atoms with Gasteiger partial charge in [-0.05, 0) is 38.1 Å². The summed E-state index contributed by atoms with van der Waals surface area (Å²) in [6.07, 6.45) is 1.59. The van der Waals surface area contributed by atoms with Crippen LogP contribution >= 0.6 is 0 Å². The van der Waals surface area contributed by atoms with Gasteiger partial charge in [-0.15, -0.1) is 0 Å². The second-order valence-electron chi connectivity index (χ2n) is 4.27. The van der Waals surface area contributed by atoms with E-state index >= 15 is 0 Å². The lowest BCUT2D eigenvalue weighted by molar-refractivity contribution is 0.0695. The maximum absolute atomic E-state index is 12.0. The Labute approximate surface area is 115 Å². The molecule has 102 valence electrons. The highest BCUT2D eigenvalue weighted by atomic mass is 16.4. The fourth-order valence-corrected chi connectivity index (χ4v) is 1.73. The van der Waals surface area contributed by atoms with Crippen LogP contribution in [0.25, 0.3) is 0 Å². The van der Waals surface area contributed by atoms with Crippen LogP contribution in [0.1, 0.15) is 32.2 Å². The Kier molecular flexibility index (Phi) is 3.74. The molecule has 0 atom stereocenters. The van der Waals surface area contributed by atoms with E-state index in [2.05, 4.69) is 15.3 Å². The Bertz CT molecular complexity index is 683. The Morgan fingerprint density at radius 2 is 1.95 bits per heavy atom. The molecule has 0 unspecified atom stereocenters. The van der Waals surface area contributed by atoms with Crippen molar-refractivity contribution in [2.75, 3.05) is 5.32 Å². The zero-order valence-corrected chi connectivity index (χ0v) is 11.0. The van der Waals surface area contributed by atoms with Crippen molar-refractivity contribution < 1.29 is 14.7 Å². The van der Waals surface area contributed by atoms with Crippen LogP contribution < -0.4 is 5.32 Å². The third kappa shape index (κ3) is 2.97. The quantitative estimate of drug-likeness (QED) is 0.891. The van der Waals surface area contributed by atoms with Gasteiger partial charge >= 0.3 is 5.97 Å². The van der Waals surface area contributed by atoms with Crippen LogP contribution in [-0.4, -0.2) is 27.0 Å². The molecule has 0 aliphatic carbocycles. The van der Waals surface area contributed by atoms with Crippen molar-refractivity contribution in [2.24, 2.45) is 0 Å². The Hall–Kier alpha value is -2.76. The van der Waals surface area contributed by atoms with Crippen molar-refractivity contribution >= 4 is 17.6 Å². The molecular weight excluding hydrogens is 258 g/mol. The van der Waals surface area contributed by atoms with Gasteiger partial charge in [-0.3, -0.25) is 9.78 Å². The summed E-state index contributed by atoms with van der Waals surface area (Å²) in [6, 6.07) is 6.16. The molecule has 6 heteroatoms. The van der Waals surface area contributed by atoms with Gasteiger partial charge < -0.3 is 10.4 Å². The third-order valence-corrected chi connectivity index (χ3v) is 2.70. The molecule has 2 rings (SSSR count). The first-order valence-corrected chi connectivity index (χ1v) is 5.92. The van der Waals surface area contributed by atoms with Crippen LogP contribution in [0.3, 0.4) is 0 Å². The molecule has 0 saturated heterocycles. The average Bonchev–Trinajstić information content (AvgIpc) is 2.38. The number of nitrogens with one attached hydrogen (secondary N) is 1. The number of aryl methyl sites for hydroxylation is 2. The molecule has 2 aromatic rings. The van der Waals surface area contributed by atoms with Gasteiger partial charge in [0.25, 0.3) is 5.91 Å². The molecule has 0 fully saturated rings. The number of carboxylic acids is 1. The standard InChI is InChI=1S/C14H13N3O3/c1-8-7-10(5-6-15-8)17-13(18)12-4-3-11(14(19)20)9(2)16-12/h3-7H,1-2H3,(H,19,20)(H,15,17,18). The van der Waals surface area contributed by atoms with Crippen LogP contribution in [-0.2, 0) is 0 Å². The molecule has 20 heavy (non-hydrogen) atoms. The Morgan fingerprint density at radius 3 is 2.55 bits per heavy atom. The molecule has 2 aromatic heterocycles. The summed E-state index contributed by atoms with van der Waals surface area (Å²) in [6.45, 7) is 3.37. The predicted molar refractivity (Wildman–Crippen MR) is 72.9 cm³/mol. The van der Waals surface area contributed by atoms with Gasteiger partial charge in [0.2, 0.25) is 0 Å². The fraction of sp³-hybridized carbons (Fsp3) is 0.143. The Morgan fingerprint density at radius 1 is 1.20 bits per heavy atom. The summed E-state index contributed by atoms with van der Waals surface area (Å²) in [4.78, 5) is 30.9. The van der Waals surface area contributed by atoms with E-state index in [-0.39, 0.29) is 11.3 Å². The molecule has 1 amide bonds. The number of hydrogen-bond donors (Lipinski definition) is 2. The van der Waals surface area contributed by atoms with E-state index < -0.39 is 11.9 Å². The number of carbonyl (C=O) groups excluding carboxylic acids is 1. The van der Waals surface area contributed by atoms with E-state index in [9.17, 15) is 9.59 Å². The van der Waals surface area contributed by atoms with Gasteiger partial charge in [-0.2, -0.15) is 0 Å². The minimum Gasteiger partial charge on any atom is -0.478 e. The van der Waals surface area contributed by atoms with Gasteiger partial charge in [0.15, 0.2) is 0 Å². The number of rotatable bonds is 3.